The van der Waals surface area contributed by atoms with Crippen LogP contribution in [0.2, 0.25) is 0 Å². The van der Waals surface area contributed by atoms with Gasteiger partial charge in [0.25, 0.3) is 0 Å². The molecule has 0 atom stereocenters. The standard InChI is InChI=1S/C14H17FN2O5S/c15-12-9-10(1-2-11(12)14(3-4-14)13(18)19)16-23(20,21)17-5-7-22-8-6-17/h1-2,9,16H,3-8H2,(H,18,19). The number of hydrogen-bond donors (Lipinski definition) is 2. The first-order chi connectivity index (χ1) is 10.8. The van der Waals surface area contributed by atoms with E-state index in [1.165, 1.54) is 16.4 Å². The number of nitrogens with one attached hydrogen (secondary N) is 1. The van der Waals surface area contributed by atoms with E-state index in [1.807, 2.05) is 0 Å². The number of halogens is 1. The monoisotopic (exact) mass is 344 g/mol. The fourth-order valence-electron chi connectivity index (χ4n) is 2.69. The zero-order chi connectivity index (χ0) is 16.7. The molecule has 2 aliphatic rings. The van der Waals surface area contributed by atoms with Gasteiger partial charge in [-0.15, -0.1) is 0 Å². The quantitative estimate of drug-likeness (QED) is 0.828. The van der Waals surface area contributed by atoms with E-state index >= 15 is 0 Å². The van der Waals surface area contributed by atoms with Gasteiger partial charge in [-0.2, -0.15) is 12.7 Å². The van der Waals surface area contributed by atoms with Crippen LogP contribution in [-0.2, 0) is 25.2 Å². The van der Waals surface area contributed by atoms with Gasteiger partial charge in [0.2, 0.25) is 0 Å². The van der Waals surface area contributed by atoms with Crippen LogP contribution in [0.15, 0.2) is 18.2 Å². The first-order valence-corrected chi connectivity index (χ1v) is 8.68. The van der Waals surface area contributed by atoms with Crippen molar-refractivity contribution >= 4 is 21.9 Å². The third-order valence-corrected chi connectivity index (χ3v) is 5.74. The average Bonchev–Trinajstić information content (AvgIpc) is 3.29. The predicted molar refractivity (Wildman–Crippen MR) is 79.9 cm³/mol. The molecule has 23 heavy (non-hydrogen) atoms. The minimum atomic E-state index is -3.78. The Bertz CT molecular complexity index is 727. The molecule has 2 fully saturated rings. The second kappa shape index (κ2) is 5.73. The van der Waals surface area contributed by atoms with Gasteiger partial charge < -0.3 is 9.84 Å². The van der Waals surface area contributed by atoms with Gasteiger partial charge in [-0.05, 0) is 25.0 Å². The Morgan fingerprint density at radius 2 is 1.96 bits per heavy atom. The van der Waals surface area contributed by atoms with E-state index in [0.29, 0.717) is 26.1 Å². The molecule has 1 aromatic rings. The van der Waals surface area contributed by atoms with Gasteiger partial charge in [0, 0.05) is 18.7 Å². The molecule has 1 heterocycles. The van der Waals surface area contributed by atoms with Crippen LogP contribution >= 0.6 is 0 Å². The SMILES string of the molecule is O=C(O)C1(c2ccc(NS(=O)(=O)N3CCOCC3)cc2F)CC1. The Morgan fingerprint density at radius 1 is 1.30 bits per heavy atom. The minimum Gasteiger partial charge on any atom is -0.481 e. The minimum absolute atomic E-state index is 0.0685. The van der Waals surface area contributed by atoms with E-state index in [-0.39, 0.29) is 24.3 Å². The zero-order valence-corrected chi connectivity index (χ0v) is 13.1. The Morgan fingerprint density at radius 3 is 2.48 bits per heavy atom. The second-order valence-electron chi connectivity index (χ2n) is 5.70. The molecule has 0 spiro atoms. The number of nitrogens with zero attached hydrogens (tertiary/aromatic N) is 1. The van der Waals surface area contributed by atoms with Gasteiger partial charge in [-0.25, -0.2) is 4.39 Å². The highest BCUT2D eigenvalue weighted by atomic mass is 32.2. The van der Waals surface area contributed by atoms with Crippen LogP contribution in [0.5, 0.6) is 0 Å². The van der Waals surface area contributed by atoms with Crippen LogP contribution in [0.1, 0.15) is 18.4 Å². The lowest BCUT2D eigenvalue weighted by atomic mass is 9.95. The molecule has 1 aliphatic carbocycles. The summed E-state index contributed by atoms with van der Waals surface area (Å²) in [4.78, 5) is 11.3. The number of morpholine rings is 1. The fraction of sp³-hybridized carbons (Fsp3) is 0.500. The summed E-state index contributed by atoms with van der Waals surface area (Å²) >= 11 is 0. The summed E-state index contributed by atoms with van der Waals surface area (Å²) in [6, 6.07) is 3.75. The molecule has 0 aromatic heterocycles. The zero-order valence-electron chi connectivity index (χ0n) is 12.3. The van der Waals surface area contributed by atoms with Crippen LogP contribution in [0, 0.1) is 5.82 Å². The molecule has 0 radical (unpaired) electrons. The molecule has 3 rings (SSSR count). The van der Waals surface area contributed by atoms with Crippen molar-refractivity contribution in [2.24, 2.45) is 0 Å². The van der Waals surface area contributed by atoms with Gasteiger partial charge >= 0.3 is 16.2 Å². The molecule has 1 saturated heterocycles. The maximum absolute atomic E-state index is 14.2. The van der Waals surface area contributed by atoms with Crippen molar-refractivity contribution in [3.63, 3.8) is 0 Å². The summed E-state index contributed by atoms with van der Waals surface area (Å²) in [5.41, 5.74) is -0.996. The highest BCUT2D eigenvalue weighted by Crippen LogP contribution is 2.49. The third kappa shape index (κ3) is 3.04. The number of benzene rings is 1. The fourth-order valence-corrected chi connectivity index (χ4v) is 3.87. The molecule has 9 heteroatoms. The summed E-state index contributed by atoms with van der Waals surface area (Å²) < 4.78 is 47.3. The predicted octanol–water partition coefficient (Wildman–Crippen LogP) is 0.931. The van der Waals surface area contributed by atoms with Crippen LogP contribution in [0.3, 0.4) is 0 Å². The number of carbonyl (C=O) groups is 1. The van der Waals surface area contributed by atoms with Crippen LogP contribution in [0.25, 0.3) is 0 Å². The van der Waals surface area contributed by atoms with Gasteiger partial charge in [-0.3, -0.25) is 9.52 Å². The van der Waals surface area contributed by atoms with E-state index in [4.69, 9.17) is 4.74 Å². The molecular formula is C14H17FN2O5S. The summed E-state index contributed by atoms with van der Waals surface area (Å²) in [7, 11) is -3.78. The molecule has 2 N–H and O–H groups in total. The van der Waals surface area contributed by atoms with E-state index in [1.54, 1.807) is 0 Å². The molecule has 126 valence electrons. The van der Waals surface area contributed by atoms with Crippen LogP contribution in [-0.4, -0.2) is 50.1 Å². The summed E-state index contributed by atoms with van der Waals surface area (Å²) in [5.74, 6) is -1.77. The number of aliphatic carboxylic acids is 1. The highest BCUT2D eigenvalue weighted by molar-refractivity contribution is 7.90. The van der Waals surface area contributed by atoms with Crippen molar-refractivity contribution < 1.29 is 27.4 Å². The second-order valence-corrected chi connectivity index (χ2v) is 7.37. The number of hydrogen-bond acceptors (Lipinski definition) is 4. The number of ether oxygens (including phenoxy) is 1. The van der Waals surface area contributed by atoms with Crippen molar-refractivity contribution in [3.05, 3.63) is 29.6 Å². The first-order valence-electron chi connectivity index (χ1n) is 7.24. The molecule has 0 amide bonds. The van der Waals surface area contributed by atoms with Crippen molar-refractivity contribution in [1.29, 1.82) is 0 Å². The van der Waals surface area contributed by atoms with Crippen LogP contribution in [0.4, 0.5) is 10.1 Å². The van der Waals surface area contributed by atoms with Crippen molar-refractivity contribution in [2.75, 3.05) is 31.0 Å². The third-order valence-electron chi connectivity index (χ3n) is 4.20. The molecule has 1 saturated carbocycles. The summed E-state index contributed by atoms with van der Waals surface area (Å²) in [6.07, 6.45) is 0.774. The lowest BCUT2D eigenvalue weighted by Crippen LogP contribution is -2.43. The topological polar surface area (TPSA) is 95.9 Å². The molecule has 1 aliphatic heterocycles. The largest absolute Gasteiger partial charge is 0.481 e. The summed E-state index contributed by atoms with van der Waals surface area (Å²) in [5, 5.41) is 9.21. The van der Waals surface area contributed by atoms with Gasteiger partial charge in [0.05, 0.1) is 24.3 Å². The maximum Gasteiger partial charge on any atom is 0.314 e. The van der Waals surface area contributed by atoms with Crippen LogP contribution < -0.4 is 4.72 Å². The number of rotatable bonds is 5. The molecular weight excluding hydrogens is 327 g/mol. The highest BCUT2D eigenvalue weighted by Gasteiger charge is 2.53. The lowest BCUT2D eigenvalue weighted by molar-refractivity contribution is -0.140. The molecule has 0 bridgehead atoms. The van der Waals surface area contributed by atoms with Gasteiger partial charge in [0.15, 0.2) is 0 Å². The van der Waals surface area contributed by atoms with E-state index in [0.717, 1.165) is 6.07 Å². The van der Waals surface area contributed by atoms with Gasteiger partial charge in [0.1, 0.15) is 5.82 Å². The first kappa shape index (κ1) is 16.2. The lowest BCUT2D eigenvalue weighted by Gasteiger charge is -2.26. The summed E-state index contributed by atoms with van der Waals surface area (Å²) in [6.45, 7) is 1.10. The smallest absolute Gasteiger partial charge is 0.314 e. The normalized spacial score (nSPS) is 20.9. The number of anilines is 1. The number of carboxylic acids is 1. The van der Waals surface area contributed by atoms with Crippen molar-refractivity contribution in [3.8, 4) is 0 Å². The van der Waals surface area contributed by atoms with E-state index in [9.17, 15) is 22.7 Å². The average molecular weight is 344 g/mol. The molecule has 0 unspecified atom stereocenters. The Kier molecular flexibility index (Phi) is 4.03. The van der Waals surface area contributed by atoms with Crippen molar-refractivity contribution in [1.82, 2.24) is 4.31 Å². The van der Waals surface area contributed by atoms with E-state index < -0.39 is 27.4 Å². The number of carboxylic acid groups (broad SMARTS) is 1. The van der Waals surface area contributed by atoms with Gasteiger partial charge in [-0.1, -0.05) is 6.07 Å². The molecule has 1 aromatic carbocycles. The Hall–Kier alpha value is -1.71. The molecule has 7 nitrogen and oxygen atoms in total. The van der Waals surface area contributed by atoms with E-state index in [2.05, 4.69) is 4.72 Å². The van der Waals surface area contributed by atoms with Crippen molar-refractivity contribution in [2.45, 2.75) is 18.3 Å². The maximum atomic E-state index is 14.2. The Labute approximate surface area is 133 Å². The Balaban J connectivity index is 1.79.